The van der Waals surface area contributed by atoms with Crippen molar-refractivity contribution in [2.45, 2.75) is 5.38 Å². The minimum atomic E-state index is -3.88. The van der Waals surface area contributed by atoms with Gasteiger partial charge in [-0.3, -0.25) is 4.98 Å². The predicted octanol–water partition coefficient (Wildman–Crippen LogP) is 2.65. The van der Waals surface area contributed by atoms with Gasteiger partial charge in [0.25, 0.3) is 0 Å². The minimum absolute atomic E-state index is 0.0415. The van der Waals surface area contributed by atoms with E-state index < -0.39 is 28.4 Å². The summed E-state index contributed by atoms with van der Waals surface area (Å²) in [4.78, 5) is 13.3. The second-order valence-electron chi connectivity index (χ2n) is 3.63. The van der Waals surface area contributed by atoms with Crippen LogP contribution in [0.4, 0.5) is 13.2 Å². The summed E-state index contributed by atoms with van der Waals surface area (Å²) in [5.74, 6) is -1.98. The van der Waals surface area contributed by atoms with Crippen LogP contribution in [0.25, 0.3) is 5.69 Å². The third-order valence-corrected chi connectivity index (χ3v) is 2.81. The highest BCUT2D eigenvalue weighted by Gasteiger charge is 2.33. The molecule has 1 aromatic heterocycles. The molecule has 0 aliphatic rings. The van der Waals surface area contributed by atoms with E-state index in [0.29, 0.717) is 4.68 Å². The molecule has 0 aliphatic heterocycles. The number of halogens is 5. The van der Waals surface area contributed by atoms with E-state index in [9.17, 15) is 18.0 Å². The maximum atomic E-state index is 13.8. The summed E-state index contributed by atoms with van der Waals surface area (Å²) in [6.45, 7) is 0. The summed E-state index contributed by atoms with van der Waals surface area (Å²) in [5.41, 5.74) is -1.48. The molecule has 2 aromatic rings. The van der Waals surface area contributed by atoms with Crippen molar-refractivity contribution in [2.24, 2.45) is 0 Å². The lowest BCUT2D eigenvalue weighted by molar-refractivity contribution is 0.0845. The number of ether oxygens (including phenoxy) is 1. The Morgan fingerprint density at radius 2 is 2.10 bits per heavy atom. The number of benzene rings is 1. The molecule has 0 fully saturated rings. The van der Waals surface area contributed by atoms with Gasteiger partial charge in [0.15, 0.2) is 5.82 Å². The fourth-order valence-electron chi connectivity index (χ4n) is 1.45. The molecule has 10 heteroatoms. The summed E-state index contributed by atoms with van der Waals surface area (Å²) in [5, 5.41) is -0.674. The maximum absolute atomic E-state index is 13.8. The van der Waals surface area contributed by atoms with Crippen LogP contribution in [0.15, 0.2) is 16.9 Å². The molecule has 0 saturated carbocycles. The minimum Gasteiger partial charge on any atom is -0.495 e. The fraction of sp³-hybridized carbons (Fsp3) is 0.200. The second kappa shape index (κ2) is 5.02. The van der Waals surface area contributed by atoms with Crippen molar-refractivity contribution in [1.29, 1.82) is 0 Å². The van der Waals surface area contributed by atoms with Gasteiger partial charge in [0, 0.05) is 6.07 Å². The number of hydrogen-bond donors (Lipinski definition) is 1. The standard InChI is InChI=1S/C10H6Cl2F3N3O2/c1-20-7-3-6(5(13)2-4(7)11)18-9(19)16-8(17-18)10(12,14)15/h2-3H,1H3,(H,16,17,19). The highest BCUT2D eigenvalue weighted by Crippen LogP contribution is 2.31. The first-order chi connectivity index (χ1) is 9.24. The van der Waals surface area contributed by atoms with E-state index in [1.165, 1.54) is 7.11 Å². The van der Waals surface area contributed by atoms with Gasteiger partial charge in [-0.2, -0.15) is 13.5 Å². The summed E-state index contributed by atoms with van der Waals surface area (Å²) < 4.78 is 44.7. The van der Waals surface area contributed by atoms with Crippen LogP contribution in [0.1, 0.15) is 5.82 Å². The fourth-order valence-corrected chi connectivity index (χ4v) is 1.77. The summed E-state index contributed by atoms with van der Waals surface area (Å²) in [6.07, 6.45) is 0. The number of alkyl halides is 3. The van der Waals surface area contributed by atoms with Crippen LogP contribution in [0.2, 0.25) is 5.02 Å². The molecule has 0 unspecified atom stereocenters. The van der Waals surface area contributed by atoms with Crippen LogP contribution < -0.4 is 10.4 Å². The van der Waals surface area contributed by atoms with Crippen molar-refractivity contribution in [1.82, 2.24) is 14.8 Å². The Kier molecular flexibility index (Phi) is 3.70. The van der Waals surface area contributed by atoms with Gasteiger partial charge in [0.05, 0.1) is 12.1 Å². The van der Waals surface area contributed by atoms with Crippen LogP contribution in [0.3, 0.4) is 0 Å². The number of aromatic nitrogens is 3. The Bertz CT molecular complexity index is 709. The molecule has 0 bridgehead atoms. The number of aromatic amines is 1. The number of methoxy groups -OCH3 is 1. The van der Waals surface area contributed by atoms with Crippen molar-refractivity contribution < 1.29 is 17.9 Å². The molecule has 0 spiro atoms. The number of nitrogens with zero attached hydrogens (tertiary/aromatic N) is 2. The molecule has 0 radical (unpaired) electrons. The van der Waals surface area contributed by atoms with Gasteiger partial charge in [-0.25, -0.2) is 9.18 Å². The molecule has 1 heterocycles. The molecule has 108 valence electrons. The van der Waals surface area contributed by atoms with Gasteiger partial charge in [-0.05, 0) is 17.7 Å². The Morgan fingerprint density at radius 1 is 1.45 bits per heavy atom. The third kappa shape index (κ3) is 2.61. The number of H-pyrrole nitrogens is 1. The van der Waals surface area contributed by atoms with Crippen molar-refractivity contribution in [2.75, 3.05) is 7.11 Å². The van der Waals surface area contributed by atoms with Gasteiger partial charge < -0.3 is 4.74 Å². The molecule has 2 rings (SSSR count). The molecule has 0 saturated heterocycles. The van der Waals surface area contributed by atoms with Crippen molar-refractivity contribution >= 4 is 23.2 Å². The number of rotatable bonds is 3. The van der Waals surface area contributed by atoms with E-state index in [-0.39, 0.29) is 10.8 Å². The summed E-state index contributed by atoms with van der Waals surface area (Å²) in [6, 6.07) is 1.92. The predicted molar refractivity (Wildman–Crippen MR) is 65.5 cm³/mol. The van der Waals surface area contributed by atoms with E-state index >= 15 is 0 Å². The molecular weight excluding hydrogens is 322 g/mol. The molecular formula is C10H6Cl2F3N3O2. The first-order valence-corrected chi connectivity index (χ1v) is 5.79. The SMILES string of the molecule is COc1cc(-n2nc(C(F)(F)Cl)[nH]c2=O)c(F)cc1Cl. The Hall–Kier alpha value is -1.67. The molecule has 1 N–H and O–H groups in total. The summed E-state index contributed by atoms with van der Waals surface area (Å²) >= 11 is 10.4. The lowest BCUT2D eigenvalue weighted by atomic mass is 10.3. The lowest BCUT2D eigenvalue weighted by Gasteiger charge is -2.07. The average Bonchev–Trinajstić information content (AvgIpc) is 2.71. The van der Waals surface area contributed by atoms with Gasteiger partial charge in [-0.15, -0.1) is 5.10 Å². The van der Waals surface area contributed by atoms with Gasteiger partial charge in [0.1, 0.15) is 11.4 Å². The van der Waals surface area contributed by atoms with E-state index in [4.69, 9.17) is 27.9 Å². The Balaban J connectivity index is 2.63. The highest BCUT2D eigenvalue weighted by atomic mass is 35.5. The van der Waals surface area contributed by atoms with Crippen molar-refractivity contribution in [3.63, 3.8) is 0 Å². The number of nitrogens with one attached hydrogen (secondary N) is 1. The van der Waals surface area contributed by atoms with Crippen LogP contribution >= 0.6 is 23.2 Å². The molecule has 0 amide bonds. The van der Waals surface area contributed by atoms with Crippen LogP contribution in [-0.2, 0) is 5.38 Å². The molecule has 5 nitrogen and oxygen atoms in total. The Labute approximate surface area is 119 Å². The van der Waals surface area contributed by atoms with Gasteiger partial charge in [-0.1, -0.05) is 11.6 Å². The monoisotopic (exact) mass is 327 g/mol. The van der Waals surface area contributed by atoms with Crippen molar-refractivity contribution in [3.05, 3.63) is 39.3 Å². The van der Waals surface area contributed by atoms with E-state index in [0.717, 1.165) is 12.1 Å². The highest BCUT2D eigenvalue weighted by molar-refractivity contribution is 6.32. The van der Waals surface area contributed by atoms with E-state index in [1.807, 2.05) is 0 Å². The molecule has 20 heavy (non-hydrogen) atoms. The first kappa shape index (κ1) is 14.7. The van der Waals surface area contributed by atoms with Crippen LogP contribution in [-0.4, -0.2) is 21.9 Å². The van der Waals surface area contributed by atoms with Crippen molar-refractivity contribution in [3.8, 4) is 11.4 Å². The zero-order chi connectivity index (χ0) is 15.1. The zero-order valence-corrected chi connectivity index (χ0v) is 11.3. The first-order valence-electron chi connectivity index (χ1n) is 5.04. The molecule has 0 atom stereocenters. The van der Waals surface area contributed by atoms with E-state index in [1.54, 1.807) is 4.98 Å². The number of hydrogen-bond acceptors (Lipinski definition) is 3. The average molecular weight is 328 g/mol. The van der Waals surface area contributed by atoms with Crippen LogP contribution in [0, 0.1) is 5.82 Å². The maximum Gasteiger partial charge on any atom is 0.381 e. The quantitative estimate of drug-likeness (QED) is 0.881. The lowest BCUT2D eigenvalue weighted by Crippen LogP contribution is -2.17. The van der Waals surface area contributed by atoms with Crippen LogP contribution in [0.5, 0.6) is 5.75 Å². The molecule has 1 aromatic carbocycles. The topological polar surface area (TPSA) is 59.9 Å². The van der Waals surface area contributed by atoms with E-state index in [2.05, 4.69) is 5.10 Å². The Morgan fingerprint density at radius 3 is 2.60 bits per heavy atom. The normalized spacial score (nSPS) is 11.7. The zero-order valence-electron chi connectivity index (χ0n) is 9.76. The third-order valence-electron chi connectivity index (χ3n) is 2.34. The smallest absolute Gasteiger partial charge is 0.381 e. The van der Waals surface area contributed by atoms with Gasteiger partial charge >= 0.3 is 11.1 Å². The van der Waals surface area contributed by atoms with Gasteiger partial charge in [0.2, 0.25) is 5.82 Å². The second-order valence-corrected chi connectivity index (χ2v) is 4.51. The molecule has 0 aliphatic carbocycles. The largest absolute Gasteiger partial charge is 0.495 e. The summed E-state index contributed by atoms with van der Waals surface area (Å²) in [7, 11) is 1.27.